The van der Waals surface area contributed by atoms with Crippen LogP contribution in [0.2, 0.25) is 10.0 Å². The van der Waals surface area contributed by atoms with Crippen LogP contribution in [-0.4, -0.2) is 42.7 Å². The van der Waals surface area contributed by atoms with E-state index in [0.717, 1.165) is 0 Å². The molecule has 0 saturated heterocycles. The highest BCUT2D eigenvalue weighted by Gasteiger charge is 2.39. The summed E-state index contributed by atoms with van der Waals surface area (Å²) in [7, 11) is -1.40. The van der Waals surface area contributed by atoms with Gasteiger partial charge in [0.1, 0.15) is 11.3 Å². The summed E-state index contributed by atoms with van der Waals surface area (Å²) in [5, 5.41) is 12.9. The highest BCUT2D eigenvalue weighted by molar-refractivity contribution is 6.48. The molecule has 1 amide bonds. The minimum atomic E-state index is -1.40. The smallest absolute Gasteiger partial charge is 0.534 e. The number of ether oxygens (including phenoxy) is 2. The molecule has 1 atom stereocenters. The van der Waals surface area contributed by atoms with Crippen molar-refractivity contribution >= 4 is 48.2 Å². The normalized spacial score (nSPS) is 15.7. The highest BCUT2D eigenvalue weighted by atomic mass is 35.5. The third-order valence-corrected chi connectivity index (χ3v) is 5.08. The predicted molar refractivity (Wildman–Crippen MR) is 111 cm³/mol. The summed E-state index contributed by atoms with van der Waals surface area (Å²) in [5.74, 6) is -2.42. The molecule has 1 aliphatic rings. The summed E-state index contributed by atoms with van der Waals surface area (Å²) in [4.78, 5) is 36.2. The predicted octanol–water partition coefficient (Wildman–Crippen LogP) is 2.94. The zero-order chi connectivity index (χ0) is 22.6. The van der Waals surface area contributed by atoms with Gasteiger partial charge in [-0.3, -0.25) is 9.59 Å². The number of carbonyl (C=O) groups excluding carboxylic acids is 3. The van der Waals surface area contributed by atoms with Crippen molar-refractivity contribution < 1.29 is 33.5 Å². The van der Waals surface area contributed by atoms with E-state index in [1.165, 1.54) is 6.07 Å². The largest absolute Gasteiger partial charge is 0.547 e. The summed E-state index contributed by atoms with van der Waals surface area (Å²) >= 11 is 12.3. The van der Waals surface area contributed by atoms with Gasteiger partial charge in [-0.1, -0.05) is 30.1 Å². The Morgan fingerprint density at radius 1 is 1.30 bits per heavy atom. The molecule has 0 saturated carbocycles. The zero-order valence-corrected chi connectivity index (χ0v) is 18.7. The molecule has 0 unspecified atom stereocenters. The van der Waals surface area contributed by atoms with Crippen LogP contribution in [0.15, 0.2) is 6.07 Å². The van der Waals surface area contributed by atoms with Crippen molar-refractivity contribution in [1.82, 2.24) is 5.32 Å². The standard InChI is InChI=1S/C19H24BCl2NO7/c1-5-6-13(24)23-12-8-10-7-11(21)15(22)14(16(10)30-20(12)27)17(25)28-9-29-18(26)19(2,3)4/h7,12,27H,5-6,8-9H2,1-4H3,(H,23,24)/t12-/m0/s1. The SMILES string of the molecule is CCCC(=O)N[C@H]1Cc2cc(Cl)c(Cl)c(C(=O)OCOC(=O)C(C)(C)C)c2OB1O. The molecular weight excluding hydrogens is 436 g/mol. The second-order valence-electron chi connectivity index (χ2n) is 7.90. The fourth-order valence-corrected chi connectivity index (χ4v) is 3.17. The van der Waals surface area contributed by atoms with Gasteiger partial charge in [0, 0.05) is 6.42 Å². The Morgan fingerprint density at radius 3 is 2.57 bits per heavy atom. The number of benzene rings is 1. The van der Waals surface area contributed by atoms with Crippen LogP contribution in [0.1, 0.15) is 56.5 Å². The Hall–Kier alpha value is -1.97. The molecule has 2 N–H and O–H groups in total. The van der Waals surface area contributed by atoms with Gasteiger partial charge >= 0.3 is 19.1 Å². The van der Waals surface area contributed by atoms with Crippen LogP contribution in [0, 0.1) is 5.41 Å². The van der Waals surface area contributed by atoms with Crippen molar-refractivity contribution in [3.05, 3.63) is 27.2 Å². The molecule has 0 aliphatic carbocycles. The minimum Gasteiger partial charge on any atom is -0.534 e. The first-order valence-corrected chi connectivity index (χ1v) is 10.2. The van der Waals surface area contributed by atoms with Gasteiger partial charge in [-0.2, -0.15) is 0 Å². The lowest BCUT2D eigenvalue weighted by Crippen LogP contribution is -2.53. The van der Waals surface area contributed by atoms with Crippen LogP contribution >= 0.6 is 23.2 Å². The molecule has 164 valence electrons. The molecular formula is C19H24BCl2NO7. The number of fused-ring (bicyclic) bond motifs is 1. The summed E-state index contributed by atoms with van der Waals surface area (Å²) in [6, 6.07) is 1.50. The molecule has 8 nitrogen and oxygen atoms in total. The maximum atomic E-state index is 12.6. The van der Waals surface area contributed by atoms with E-state index >= 15 is 0 Å². The lowest BCUT2D eigenvalue weighted by atomic mass is 9.72. The molecule has 11 heteroatoms. The first-order valence-electron chi connectivity index (χ1n) is 9.45. The summed E-state index contributed by atoms with van der Waals surface area (Å²) in [6.07, 6.45) is 1.13. The van der Waals surface area contributed by atoms with Gasteiger partial charge in [0.15, 0.2) is 0 Å². The molecule has 0 fully saturated rings. The van der Waals surface area contributed by atoms with Gasteiger partial charge in [0.25, 0.3) is 0 Å². The lowest BCUT2D eigenvalue weighted by molar-refractivity contribution is -0.161. The Bertz CT molecular complexity index is 841. The molecule has 2 rings (SSSR count). The van der Waals surface area contributed by atoms with Crippen LogP contribution < -0.4 is 9.97 Å². The molecule has 0 spiro atoms. The van der Waals surface area contributed by atoms with E-state index in [1.54, 1.807) is 20.8 Å². The topological polar surface area (TPSA) is 111 Å². The van der Waals surface area contributed by atoms with Crippen molar-refractivity contribution in [2.24, 2.45) is 5.41 Å². The third-order valence-electron chi connectivity index (χ3n) is 4.29. The minimum absolute atomic E-state index is 0.00467. The van der Waals surface area contributed by atoms with Gasteiger partial charge in [0.05, 0.1) is 21.4 Å². The molecule has 1 aliphatic heterocycles. The molecule has 0 radical (unpaired) electrons. The van der Waals surface area contributed by atoms with Crippen molar-refractivity contribution in [3.63, 3.8) is 0 Å². The molecule has 1 aromatic carbocycles. The van der Waals surface area contributed by atoms with E-state index in [-0.39, 0.29) is 33.7 Å². The van der Waals surface area contributed by atoms with E-state index in [0.29, 0.717) is 18.4 Å². The van der Waals surface area contributed by atoms with Crippen molar-refractivity contribution in [2.75, 3.05) is 6.79 Å². The lowest BCUT2D eigenvalue weighted by Gasteiger charge is -2.29. The van der Waals surface area contributed by atoms with Crippen molar-refractivity contribution in [3.8, 4) is 5.75 Å². The maximum absolute atomic E-state index is 12.6. The zero-order valence-electron chi connectivity index (χ0n) is 17.2. The fraction of sp³-hybridized carbons (Fsp3) is 0.526. The van der Waals surface area contributed by atoms with Gasteiger partial charge in [0.2, 0.25) is 12.7 Å². The van der Waals surface area contributed by atoms with E-state index in [9.17, 15) is 19.4 Å². The Labute approximate surface area is 185 Å². The van der Waals surface area contributed by atoms with Gasteiger partial charge < -0.3 is 24.5 Å². The average Bonchev–Trinajstić information content (AvgIpc) is 2.63. The maximum Gasteiger partial charge on any atom is 0.547 e. The van der Waals surface area contributed by atoms with Gasteiger partial charge in [-0.05, 0) is 45.2 Å². The van der Waals surface area contributed by atoms with E-state index in [4.69, 9.17) is 37.3 Å². The van der Waals surface area contributed by atoms with Crippen LogP contribution in [0.4, 0.5) is 0 Å². The van der Waals surface area contributed by atoms with E-state index < -0.39 is 37.2 Å². The molecule has 1 aromatic rings. The molecule has 1 heterocycles. The number of rotatable bonds is 6. The second-order valence-corrected chi connectivity index (χ2v) is 8.69. The van der Waals surface area contributed by atoms with E-state index in [1.807, 2.05) is 6.92 Å². The third kappa shape index (κ3) is 5.80. The number of amides is 1. The van der Waals surface area contributed by atoms with Gasteiger partial charge in [-0.15, -0.1) is 0 Å². The van der Waals surface area contributed by atoms with Crippen molar-refractivity contribution in [1.29, 1.82) is 0 Å². The number of hydrogen-bond donors (Lipinski definition) is 2. The molecule has 30 heavy (non-hydrogen) atoms. The summed E-state index contributed by atoms with van der Waals surface area (Å²) < 4.78 is 15.4. The van der Waals surface area contributed by atoms with Crippen LogP contribution in [0.3, 0.4) is 0 Å². The summed E-state index contributed by atoms with van der Waals surface area (Å²) in [5.41, 5.74) is -0.484. The first-order chi connectivity index (χ1) is 14.0. The number of hydrogen-bond acceptors (Lipinski definition) is 7. The average molecular weight is 460 g/mol. The number of esters is 2. The van der Waals surface area contributed by atoms with Crippen molar-refractivity contribution in [2.45, 2.75) is 52.9 Å². The highest BCUT2D eigenvalue weighted by Crippen LogP contribution is 2.40. The van der Waals surface area contributed by atoms with Crippen LogP contribution in [0.25, 0.3) is 0 Å². The monoisotopic (exact) mass is 459 g/mol. The number of carbonyl (C=O) groups is 3. The molecule has 0 aromatic heterocycles. The second kappa shape index (κ2) is 9.89. The number of halogens is 2. The summed E-state index contributed by atoms with van der Waals surface area (Å²) in [6.45, 7) is 6.22. The quantitative estimate of drug-likeness (QED) is 0.382. The van der Waals surface area contributed by atoms with Crippen LogP contribution in [0.5, 0.6) is 5.75 Å². The Balaban J connectivity index is 2.20. The van der Waals surface area contributed by atoms with E-state index in [2.05, 4.69) is 5.32 Å². The number of nitrogens with one attached hydrogen (secondary N) is 1. The molecule has 0 bridgehead atoms. The first kappa shape index (κ1) is 24.3. The Kier molecular flexibility index (Phi) is 8.02. The van der Waals surface area contributed by atoms with Crippen LogP contribution in [-0.2, 0) is 25.5 Å². The van der Waals surface area contributed by atoms with Gasteiger partial charge in [-0.25, -0.2) is 4.79 Å². The fourth-order valence-electron chi connectivity index (χ4n) is 2.72. The Morgan fingerprint density at radius 2 is 1.97 bits per heavy atom.